The van der Waals surface area contributed by atoms with Crippen molar-refractivity contribution in [3.63, 3.8) is 0 Å². The summed E-state index contributed by atoms with van der Waals surface area (Å²) in [6, 6.07) is 9.74. The van der Waals surface area contributed by atoms with Crippen LogP contribution in [0.4, 0.5) is 11.6 Å². The normalized spacial score (nSPS) is 17.3. The highest BCUT2D eigenvalue weighted by Crippen LogP contribution is 2.24. The number of anilines is 2. The number of fused-ring (bicyclic) bond motifs is 1. The molecule has 2 N–H and O–H groups in total. The van der Waals surface area contributed by atoms with E-state index in [2.05, 4.69) is 43.3 Å². The van der Waals surface area contributed by atoms with Gasteiger partial charge in [-0.25, -0.2) is 9.97 Å². The molecule has 1 amide bonds. The summed E-state index contributed by atoms with van der Waals surface area (Å²) >= 11 is 0. The van der Waals surface area contributed by atoms with E-state index in [-0.39, 0.29) is 5.91 Å². The molecule has 1 aromatic carbocycles. The highest BCUT2D eigenvalue weighted by molar-refractivity contribution is 5.98. The molecule has 0 atom stereocenters. The molecular formula is C24H27N7O. The van der Waals surface area contributed by atoms with Gasteiger partial charge in [0.15, 0.2) is 0 Å². The van der Waals surface area contributed by atoms with Crippen LogP contribution >= 0.6 is 0 Å². The van der Waals surface area contributed by atoms with Crippen molar-refractivity contribution >= 4 is 40.4 Å². The van der Waals surface area contributed by atoms with Crippen LogP contribution in [0.3, 0.4) is 0 Å². The van der Waals surface area contributed by atoms with Gasteiger partial charge in [0.1, 0.15) is 5.69 Å². The van der Waals surface area contributed by atoms with E-state index in [4.69, 9.17) is 0 Å². The molecule has 5 rings (SSSR count). The fourth-order valence-electron chi connectivity index (χ4n) is 4.12. The molecule has 164 valence electrons. The van der Waals surface area contributed by atoms with Gasteiger partial charge in [0.2, 0.25) is 5.95 Å². The van der Waals surface area contributed by atoms with Gasteiger partial charge >= 0.3 is 0 Å². The summed E-state index contributed by atoms with van der Waals surface area (Å²) in [5.41, 5.74) is 4.11. The Balaban J connectivity index is 1.34. The van der Waals surface area contributed by atoms with Crippen LogP contribution < -0.4 is 5.32 Å². The quantitative estimate of drug-likeness (QED) is 0.660. The van der Waals surface area contributed by atoms with E-state index in [0.717, 1.165) is 73.4 Å². The van der Waals surface area contributed by atoms with E-state index in [0.29, 0.717) is 11.6 Å². The van der Waals surface area contributed by atoms with Crippen LogP contribution in [0.1, 0.15) is 35.4 Å². The van der Waals surface area contributed by atoms with Crippen molar-refractivity contribution < 1.29 is 4.79 Å². The monoisotopic (exact) mass is 429 g/mol. The van der Waals surface area contributed by atoms with Crippen LogP contribution in [-0.2, 0) is 0 Å². The Bertz CT molecular complexity index is 1200. The SMILES string of the molecule is CN1CCCN(C(=O)c2cc3cc(Nc4nccc(C5=CCCC=N5)n4)ccc3[nH]2)CC1. The molecule has 0 radical (unpaired) electrons. The number of allylic oxidation sites excluding steroid dienone is 1. The van der Waals surface area contributed by atoms with E-state index >= 15 is 0 Å². The molecule has 0 unspecified atom stereocenters. The smallest absolute Gasteiger partial charge is 0.270 e. The van der Waals surface area contributed by atoms with Crippen LogP contribution in [0.25, 0.3) is 16.6 Å². The zero-order valence-electron chi connectivity index (χ0n) is 18.2. The third kappa shape index (κ3) is 4.40. The van der Waals surface area contributed by atoms with Crippen molar-refractivity contribution in [3.05, 3.63) is 54.0 Å². The second-order valence-corrected chi connectivity index (χ2v) is 8.30. The molecule has 4 heterocycles. The number of carbonyl (C=O) groups is 1. The summed E-state index contributed by atoms with van der Waals surface area (Å²) in [7, 11) is 2.10. The molecule has 0 bridgehead atoms. The number of hydrogen-bond donors (Lipinski definition) is 2. The maximum absolute atomic E-state index is 13.0. The average molecular weight is 430 g/mol. The lowest BCUT2D eigenvalue weighted by Gasteiger charge is -2.19. The lowest BCUT2D eigenvalue weighted by molar-refractivity contribution is 0.0758. The van der Waals surface area contributed by atoms with E-state index in [9.17, 15) is 4.79 Å². The molecule has 0 saturated carbocycles. The number of aliphatic imine (C=N–C) groups is 1. The molecule has 0 spiro atoms. The van der Waals surface area contributed by atoms with E-state index < -0.39 is 0 Å². The first-order valence-corrected chi connectivity index (χ1v) is 11.1. The van der Waals surface area contributed by atoms with Crippen molar-refractivity contribution in [1.29, 1.82) is 0 Å². The molecule has 2 aliphatic rings. The molecule has 8 nitrogen and oxygen atoms in total. The number of rotatable bonds is 4. The zero-order valence-corrected chi connectivity index (χ0v) is 18.2. The molecule has 1 saturated heterocycles. The minimum atomic E-state index is 0.0587. The Kier molecular flexibility index (Phi) is 5.68. The minimum absolute atomic E-state index is 0.0587. The van der Waals surface area contributed by atoms with Crippen molar-refractivity contribution in [2.45, 2.75) is 19.3 Å². The standard InChI is InChI=1S/C24H27N7O/c1-30-11-4-12-31(14-13-30)23(32)22-16-17-15-18(6-7-19(17)28-22)27-24-26-10-8-21(29-24)20-5-2-3-9-25-20/h5-10,15-16,28H,2-4,11-14H2,1H3,(H,26,27,29). The maximum atomic E-state index is 13.0. The summed E-state index contributed by atoms with van der Waals surface area (Å²) in [5.74, 6) is 0.576. The number of benzene rings is 1. The number of aromatic nitrogens is 3. The minimum Gasteiger partial charge on any atom is -0.351 e. The number of likely N-dealkylation sites (N-methyl/N-ethyl adjacent to an activating group) is 1. The predicted molar refractivity (Wildman–Crippen MR) is 127 cm³/mol. The largest absolute Gasteiger partial charge is 0.351 e. The highest BCUT2D eigenvalue weighted by Gasteiger charge is 2.20. The second-order valence-electron chi connectivity index (χ2n) is 8.30. The molecule has 1 fully saturated rings. The number of nitrogens with one attached hydrogen (secondary N) is 2. The van der Waals surface area contributed by atoms with Crippen LogP contribution in [0, 0.1) is 0 Å². The van der Waals surface area contributed by atoms with Crippen LogP contribution in [-0.4, -0.2) is 70.1 Å². The van der Waals surface area contributed by atoms with Gasteiger partial charge in [0.05, 0.1) is 11.4 Å². The first kappa shape index (κ1) is 20.4. The maximum Gasteiger partial charge on any atom is 0.270 e. The lowest BCUT2D eigenvalue weighted by Crippen LogP contribution is -2.34. The first-order valence-electron chi connectivity index (χ1n) is 11.1. The Labute approximate surface area is 187 Å². The molecule has 2 aromatic heterocycles. The Morgan fingerprint density at radius 3 is 2.91 bits per heavy atom. The number of amides is 1. The van der Waals surface area contributed by atoms with Crippen LogP contribution in [0.5, 0.6) is 0 Å². The van der Waals surface area contributed by atoms with Crippen molar-refractivity contribution in [2.24, 2.45) is 4.99 Å². The number of aromatic amines is 1. The number of carbonyl (C=O) groups excluding carboxylic acids is 1. The van der Waals surface area contributed by atoms with Gasteiger partial charge in [-0.2, -0.15) is 0 Å². The van der Waals surface area contributed by atoms with Crippen LogP contribution in [0.2, 0.25) is 0 Å². The Morgan fingerprint density at radius 1 is 1.09 bits per heavy atom. The number of nitrogens with zero attached hydrogens (tertiary/aromatic N) is 5. The fraction of sp³-hybridized carbons (Fsp3) is 0.333. The molecular weight excluding hydrogens is 402 g/mol. The van der Waals surface area contributed by atoms with E-state index in [1.807, 2.05) is 41.4 Å². The Hall–Kier alpha value is -3.52. The number of hydrogen-bond acceptors (Lipinski definition) is 6. The second kappa shape index (κ2) is 8.92. The van der Waals surface area contributed by atoms with Gasteiger partial charge in [0.25, 0.3) is 5.91 Å². The van der Waals surface area contributed by atoms with E-state index in [1.165, 1.54) is 0 Å². The fourth-order valence-corrected chi connectivity index (χ4v) is 4.12. The van der Waals surface area contributed by atoms with Gasteiger partial charge in [-0.05, 0) is 63.2 Å². The zero-order chi connectivity index (χ0) is 21.9. The topological polar surface area (TPSA) is 89.5 Å². The van der Waals surface area contributed by atoms with Gasteiger partial charge in [-0.1, -0.05) is 6.08 Å². The summed E-state index contributed by atoms with van der Waals surface area (Å²) in [6.45, 7) is 3.48. The van der Waals surface area contributed by atoms with Crippen molar-refractivity contribution in [3.8, 4) is 0 Å². The summed E-state index contributed by atoms with van der Waals surface area (Å²) < 4.78 is 0. The highest BCUT2D eigenvalue weighted by atomic mass is 16.2. The number of H-pyrrole nitrogens is 1. The molecule has 3 aromatic rings. The van der Waals surface area contributed by atoms with E-state index in [1.54, 1.807) is 6.20 Å². The molecule has 8 heteroatoms. The first-order chi connectivity index (χ1) is 15.7. The van der Waals surface area contributed by atoms with Gasteiger partial charge in [0, 0.05) is 48.6 Å². The third-order valence-electron chi connectivity index (χ3n) is 5.90. The summed E-state index contributed by atoms with van der Waals surface area (Å²) in [5, 5.41) is 4.25. The van der Waals surface area contributed by atoms with Crippen molar-refractivity contribution in [2.75, 3.05) is 38.5 Å². The van der Waals surface area contributed by atoms with Crippen molar-refractivity contribution in [1.82, 2.24) is 24.8 Å². The predicted octanol–water partition coefficient (Wildman–Crippen LogP) is 3.68. The van der Waals surface area contributed by atoms with Gasteiger partial charge < -0.3 is 20.1 Å². The molecule has 32 heavy (non-hydrogen) atoms. The van der Waals surface area contributed by atoms with Crippen LogP contribution in [0.15, 0.2) is 47.6 Å². The summed E-state index contributed by atoms with van der Waals surface area (Å²) in [6.07, 6.45) is 8.70. The van der Waals surface area contributed by atoms with Gasteiger partial charge in [-0.3, -0.25) is 9.79 Å². The Morgan fingerprint density at radius 2 is 2.03 bits per heavy atom. The third-order valence-corrected chi connectivity index (χ3v) is 5.90. The van der Waals surface area contributed by atoms with Gasteiger partial charge in [-0.15, -0.1) is 0 Å². The summed E-state index contributed by atoms with van der Waals surface area (Å²) in [4.78, 5) is 33.9. The average Bonchev–Trinajstić information content (AvgIpc) is 3.13. The molecule has 2 aliphatic heterocycles. The molecule has 0 aliphatic carbocycles. The lowest BCUT2D eigenvalue weighted by atomic mass is 10.2.